The average molecular weight is 468 g/mol. The van der Waals surface area contributed by atoms with Crippen LogP contribution in [0.4, 0.5) is 11.4 Å². The zero-order chi connectivity index (χ0) is 20.4. The maximum Gasteiger partial charge on any atom is 0.274 e. The van der Waals surface area contributed by atoms with Crippen LogP contribution in [0, 0.1) is 11.3 Å². The van der Waals surface area contributed by atoms with Crippen molar-refractivity contribution in [3.05, 3.63) is 80.5 Å². The Balaban J connectivity index is 1.74. The third-order valence-electron chi connectivity index (χ3n) is 4.78. The predicted octanol–water partition coefficient (Wildman–Crippen LogP) is 5.72. The number of hydrogen-bond donors (Lipinski definition) is 1. The molecule has 0 aliphatic carbocycles. The van der Waals surface area contributed by atoms with Crippen molar-refractivity contribution in [3.63, 3.8) is 0 Å². The number of anilines is 1. The highest BCUT2D eigenvalue weighted by atomic mass is 79.9. The van der Waals surface area contributed by atoms with E-state index in [0.717, 1.165) is 28.6 Å². The van der Waals surface area contributed by atoms with Gasteiger partial charge >= 0.3 is 0 Å². The third kappa shape index (κ3) is 3.98. The van der Waals surface area contributed by atoms with Crippen LogP contribution in [0.5, 0.6) is 0 Å². The average Bonchev–Trinajstić information content (AvgIpc) is 3.29. The number of nitrogens with zero attached hydrogens (tertiary/aromatic N) is 3. The first kappa shape index (κ1) is 19.4. The smallest absolute Gasteiger partial charge is 0.274 e. The number of hydrogen-bond acceptors (Lipinski definition) is 3. The molecule has 144 valence electrons. The number of halogens is 2. The number of fused-ring (bicyclic) bond motifs is 1. The molecule has 0 saturated heterocycles. The molecule has 1 amide bonds. The number of rotatable bonds is 4. The van der Waals surface area contributed by atoms with E-state index in [2.05, 4.69) is 32.3 Å². The lowest BCUT2D eigenvalue weighted by atomic mass is 10.1. The Labute approximate surface area is 181 Å². The summed E-state index contributed by atoms with van der Waals surface area (Å²) in [6.45, 7) is 0.698. The lowest BCUT2D eigenvalue weighted by molar-refractivity contribution is 0.101. The number of carbonyl (C=O) groups is 1. The second-order valence-electron chi connectivity index (χ2n) is 6.66. The molecule has 2 heterocycles. The Kier molecular flexibility index (Phi) is 5.52. The predicted molar refractivity (Wildman–Crippen MR) is 118 cm³/mol. The normalized spacial score (nSPS) is 12.7. The summed E-state index contributed by atoms with van der Waals surface area (Å²) in [5, 5.41) is 13.3. The number of benzene rings is 2. The number of aliphatic imine (C=N–C) groups is 1. The van der Waals surface area contributed by atoms with Crippen molar-refractivity contribution in [1.82, 2.24) is 4.57 Å². The van der Waals surface area contributed by atoms with E-state index in [1.165, 1.54) is 0 Å². The Morgan fingerprint density at radius 1 is 1.21 bits per heavy atom. The molecular weight excluding hydrogens is 452 g/mol. The van der Waals surface area contributed by atoms with Gasteiger partial charge in [0.25, 0.3) is 5.91 Å². The highest BCUT2D eigenvalue weighted by Gasteiger charge is 2.29. The fourth-order valence-corrected chi connectivity index (χ4v) is 3.84. The zero-order valence-electron chi connectivity index (χ0n) is 15.3. The molecular formula is C22H16BrClN4O. The SMILES string of the molecule is N#Cc1c(N=Cc2ccc(Cl)cc2)c(C(=O)Nc2ccc(Br)cc2)n2c1CCC2. The second kappa shape index (κ2) is 8.24. The molecule has 4 rings (SSSR count). The molecule has 1 aliphatic rings. The molecule has 0 unspecified atom stereocenters. The maximum atomic E-state index is 13.1. The van der Waals surface area contributed by atoms with Crippen LogP contribution in [-0.2, 0) is 13.0 Å². The van der Waals surface area contributed by atoms with E-state index in [9.17, 15) is 10.1 Å². The molecule has 0 radical (unpaired) electrons. The monoisotopic (exact) mass is 466 g/mol. The van der Waals surface area contributed by atoms with Gasteiger partial charge in [0.15, 0.2) is 0 Å². The van der Waals surface area contributed by atoms with Gasteiger partial charge in [-0.1, -0.05) is 39.7 Å². The third-order valence-corrected chi connectivity index (χ3v) is 5.56. The topological polar surface area (TPSA) is 70.2 Å². The summed E-state index contributed by atoms with van der Waals surface area (Å²) in [5.74, 6) is -0.278. The fraction of sp³-hybridized carbons (Fsp3) is 0.136. The van der Waals surface area contributed by atoms with Crippen LogP contribution in [0.1, 0.15) is 33.7 Å². The standard InChI is InChI=1S/C22H16BrClN4O/c23-15-5-9-17(10-6-15)27-22(29)21-20(18(12-25)19-2-1-11-28(19)21)26-13-14-3-7-16(24)8-4-14/h3-10,13H,1-2,11H2,(H,27,29). The molecule has 1 aliphatic heterocycles. The first-order valence-electron chi connectivity index (χ1n) is 9.09. The van der Waals surface area contributed by atoms with Crippen molar-refractivity contribution in [1.29, 1.82) is 5.26 Å². The van der Waals surface area contributed by atoms with E-state index in [4.69, 9.17) is 11.6 Å². The Morgan fingerprint density at radius 2 is 1.93 bits per heavy atom. The van der Waals surface area contributed by atoms with Gasteiger partial charge in [0.2, 0.25) is 0 Å². The van der Waals surface area contributed by atoms with E-state index in [-0.39, 0.29) is 5.91 Å². The van der Waals surface area contributed by atoms with E-state index in [1.807, 2.05) is 41.0 Å². The van der Waals surface area contributed by atoms with Gasteiger partial charge in [0, 0.05) is 33.6 Å². The largest absolute Gasteiger partial charge is 0.337 e. The molecule has 0 bridgehead atoms. The van der Waals surface area contributed by atoms with E-state index < -0.39 is 0 Å². The van der Waals surface area contributed by atoms with Gasteiger partial charge in [-0.15, -0.1) is 0 Å². The Bertz CT molecular complexity index is 1140. The van der Waals surface area contributed by atoms with Crippen LogP contribution in [0.15, 0.2) is 58.0 Å². The van der Waals surface area contributed by atoms with Gasteiger partial charge < -0.3 is 9.88 Å². The van der Waals surface area contributed by atoms with Crippen LogP contribution < -0.4 is 5.32 Å². The first-order valence-corrected chi connectivity index (χ1v) is 10.3. The molecule has 1 N–H and O–H groups in total. The van der Waals surface area contributed by atoms with Gasteiger partial charge in [-0.05, 0) is 54.8 Å². The molecule has 0 saturated carbocycles. The van der Waals surface area contributed by atoms with Crippen LogP contribution in [0.25, 0.3) is 0 Å². The summed E-state index contributed by atoms with van der Waals surface area (Å²) in [4.78, 5) is 17.7. The summed E-state index contributed by atoms with van der Waals surface area (Å²) in [7, 11) is 0. The summed E-state index contributed by atoms with van der Waals surface area (Å²) in [5.41, 5.74) is 3.68. The molecule has 29 heavy (non-hydrogen) atoms. The van der Waals surface area contributed by atoms with Gasteiger partial charge in [-0.25, -0.2) is 0 Å². The summed E-state index contributed by atoms with van der Waals surface area (Å²) in [6, 6.07) is 16.8. The first-order chi connectivity index (χ1) is 14.1. The van der Waals surface area contributed by atoms with E-state index >= 15 is 0 Å². The lowest BCUT2D eigenvalue weighted by Crippen LogP contribution is -2.16. The summed E-state index contributed by atoms with van der Waals surface area (Å²) < 4.78 is 2.85. The number of nitrogens with one attached hydrogen (secondary N) is 1. The zero-order valence-corrected chi connectivity index (χ0v) is 17.7. The van der Waals surface area contributed by atoms with Gasteiger partial charge in [-0.2, -0.15) is 5.26 Å². The molecule has 0 fully saturated rings. The number of aromatic nitrogens is 1. The summed E-state index contributed by atoms with van der Waals surface area (Å²) >= 11 is 9.32. The number of amides is 1. The number of carbonyl (C=O) groups excluding carboxylic acids is 1. The molecule has 5 nitrogen and oxygen atoms in total. The minimum absolute atomic E-state index is 0.278. The van der Waals surface area contributed by atoms with Gasteiger partial charge in [-0.3, -0.25) is 9.79 Å². The number of nitriles is 1. The van der Waals surface area contributed by atoms with Crippen LogP contribution in [0.2, 0.25) is 5.02 Å². The van der Waals surface area contributed by atoms with Crippen molar-refractivity contribution in [2.45, 2.75) is 19.4 Å². The van der Waals surface area contributed by atoms with E-state index in [0.29, 0.717) is 34.2 Å². The van der Waals surface area contributed by atoms with Crippen molar-refractivity contribution >= 4 is 51.0 Å². The van der Waals surface area contributed by atoms with Crippen LogP contribution in [0.3, 0.4) is 0 Å². The van der Waals surface area contributed by atoms with Crippen LogP contribution >= 0.6 is 27.5 Å². The molecule has 2 aromatic carbocycles. The van der Waals surface area contributed by atoms with Crippen molar-refractivity contribution in [2.75, 3.05) is 5.32 Å². The second-order valence-corrected chi connectivity index (χ2v) is 8.01. The molecule has 3 aromatic rings. The molecule has 7 heteroatoms. The minimum atomic E-state index is -0.278. The van der Waals surface area contributed by atoms with Crippen molar-refractivity contribution in [2.24, 2.45) is 4.99 Å². The quantitative estimate of drug-likeness (QED) is 0.498. The Morgan fingerprint density at radius 3 is 2.62 bits per heavy atom. The van der Waals surface area contributed by atoms with Crippen molar-refractivity contribution in [3.8, 4) is 6.07 Å². The van der Waals surface area contributed by atoms with E-state index in [1.54, 1.807) is 18.3 Å². The minimum Gasteiger partial charge on any atom is -0.337 e. The highest BCUT2D eigenvalue weighted by molar-refractivity contribution is 9.10. The molecule has 0 atom stereocenters. The van der Waals surface area contributed by atoms with Gasteiger partial charge in [0.1, 0.15) is 17.5 Å². The Hall–Kier alpha value is -2.88. The highest BCUT2D eigenvalue weighted by Crippen LogP contribution is 2.35. The van der Waals surface area contributed by atoms with Gasteiger partial charge in [0.05, 0.1) is 5.56 Å². The molecule has 0 spiro atoms. The lowest BCUT2D eigenvalue weighted by Gasteiger charge is -2.09. The molecule has 1 aromatic heterocycles. The summed E-state index contributed by atoms with van der Waals surface area (Å²) in [6.07, 6.45) is 3.32. The van der Waals surface area contributed by atoms with Crippen molar-refractivity contribution < 1.29 is 4.79 Å². The maximum absolute atomic E-state index is 13.1. The van der Waals surface area contributed by atoms with Crippen LogP contribution in [-0.4, -0.2) is 16.7 Å². The fourth-order valence-electron chi connectivity index (χ4n) is 3.45.